The molecule has 0 saturated heterocycles. The lowest BCUT2D eigenvalue weighted by atomic mass is 9.98. The Balaban J connectivity index is 1.80. The molecule has 2 amide bonds. The van der Waals surface area contributed by atoms with Gasteiger partial charge in [0.25, 0.3) is 5.91 Å². The molecule has 0 unspecified atom stereocenters. The highest BCUT2D eigenvalue weighted by Gasteiger charge is 2.20. The molecule has 0 saturated carbocycles. The van der Waals surface area contributed by atoms with Crippen molar-refractivity contribution in [2.24, 2.45) is 0 Å². The van der Waals surface area contributed by atoms with Crippen molar-refractivity contribution >= 4 is 28.3 Å². The number of ether oxygens (including phenoxy) is 1. The normalized spacial score (nSPS) is 11.0. The van der Waals surface area contributed by atoms with Gasteiger partial charge in [-0.15, -0.1) is 10.2 Å². The minimum atomic E-state index is -0.252. The van der Waals surface area contributed by atoms with Crippen molar-refractivity contribution in [3.05, 3.63) is 34.8 Å². The van der Waals surface area contributed by atoms with Gasteiger partial charge in [-0.3, -0.25) is 9.59 Å². The van der Waals surface area contributed by atoms with E-state index in [-0.39, 0.29) is 30.2 Å². The second-order valence-electron chi connectivity index (χ2n) is 6.45. The first kappa shape index (κ1) is 18.9. The minimum Gasteiger partial charge on any atom is -0.497 e. The third-order valence-corrected chi connectivity index (χ3v) is 4.55. The monoisotopic (exact) mass is 362 g/mol. The zero-order valence-corrected chi connectivity index (χ0v) is 15.6. The molecule has 0 atom stereocenters. The van der Waals surface area contributed by atoms with E-state index in [1.165, 1.54) is 11.3 Å². The van der Waals surface area contributed by atoms with Crippen LogP contribution in [0.5, 0.6) is 5.75 Å². The molecule has 134 valence electrons. The average Bonchev–Trinajstić information content (AvgIpc) is 3.03. The fourth-order valence-electron chi connectivity index (χ4n) is 1.91. The van der Waals surface area contributed by atoms with Crippen LogP contribution in [-0.4, -0.2) is 35.7 Å². The molecule has 2 rings (SSSR count). The molecule has 0 aliphatic carbocycles. The summed E-state index contributed by atoms with van der Waals surface area (Å²) in [6.45, 7) is 6.33. The Labute approximate surface area is 150 Å². The molecule has 0 aliphatic heterocycles. The Morgan fingerprint density at radius 3 is 2.64 bits per heavy atom. The van der Waals surface area contributed by atoms with Gasteiger partial charge in [-0.2, -0.15) is 0 Å². The SMILES string of the molecule is COc1cccc(C(=O)NCCC(=O)Nc2nnc(C(C)(C)C)s2)c1. The highest BCUT2D eigenvalue weighted by molar-refractivity contribution is 7.15. The number of nitrogens with one attached hydrogen (secondary N) is 2. The van der Waals surface area contributed by atoms with Crippen molar-refractivity contribution in [1.29, 1.82) is 0 Å². The van der Waals surface area contributed by atoms with Gasteiger partial charge in [0, 0.05) is 23.9 Å². The number of methoxy groups -OCH3 is 1. The van der Waals surface area contributed by atoms with E-state index >= 15 is 0 Å². The molecule has 1 aromatic carbocycles. The summed E-state index contributed by atoms with van der Waals surface area (Å²) >= 11 is 1.35. The quantitative estimate of drug-likeness (QED) is 0.824. The summed E-state index contributed by atoms with van der Waals surface area (Å²) < 4.78 is 5.08. The highest BCUT2D eigenvalue weighted by atomic mass is 32.1. The van der Waals surface area contributed by atoms with Crippen LogP contribution < -0.4 is 15.4 Å². The summed E-state index contributed by atoms with van der Waals surface area (Å²) in [5, 5.41) is 14.8. The van der Waals surface area contributed by atoms with Gasteiger partial charge in [0.05, 0.1) is 7.11 Å². The fourth-order valence-corrected chi connectivity index (χ4v) is 2.73. The van der Waals surface area contributed by atoms with Gasteiger partial charge in [-0.25, -0.2) is 0 Å². The van der Waals surface area contributed by atoms with Crippen molar-refractivity contribution in [3.8, 4) is 5.75 Å². The highest BCUT2D eigenvalue weighted by Crippen LogP contribution is 2.27. The molecule has 2 N–H and O–H groups in total. The smallest absolute Gasteiger partial charge is 0.251 e. The number of hydrogen-bond donors (Lipinski definition) is 2. The topological polar surface area (TPSA) is 93.2 Å². The fraction of sp³-hybridized carbons (Fsp3) is 0.412. The molecular weight excluding hydrogens is 340 g/mol. The van der Waals surface area contributed by atoms with E-state index in [4.69, 9.17) is 4.74 Å². The van der Waals surface area contributed by atoms with Crippen LogP contribution in [0.25, 0.3) is 0 Å². The molecule has 1 aromatic heterocycles. The lowest BCUT2D eigenvalue weighted by Crippen LogP contribution is -2.27. The number of hydrogen-bond acceptors (Lipinski definition) is 6. The van der Waals surface area contributed by atoms with E-state index in [1.807, 2.05) is 20.8 Å². The molecule has 0 radical (unpaired) electrons. The van der Waals surface area contributed by atoms with E-state index in [0.29, 0.717) is 16.4 Å². The first-order valence-electron chi connectivity index (χ1n) is 7.85. The van der Waals surface area contributed by atoms with Crippen LogP contribution in [0.2, 0.25) is 0 Å². The third kappa shape index (κ3) is 5.53. The number of benzene rings is 1. The van der Waals surface area contributed by atoms with E-state index in [9.17, 15) is 9.59 Å². The summed E-state index contributed by atoms with van der Waals surface area (Å²) in [7, 11) is 1.54. The van der Waals surface area contributed by atoms with E-state index in [2.05, 4.69) is 20.8 Å². The Morgan fingerprint density at radius 1 is 1.24 bits per heavy atom. The van der Waals surface area contributed by atoms with E-state index in [1.54, 1.807) is 31.4 Å². The number of amides is 2. The summed E-state index contributed by atoms with van der Waals surface area (Å²) in [5.41, 5.74) is 0.379. The molecule has 0 aliphatic rings. The summed E-state index contributed by atoms with van der Waals surface area (Å²) in [4.78, 5) is 24.0. The zero-order valence-electron chi connectivity index (χ0n) is 14.8. The maximum Gasteiger partial charge on any atom is 0.251 e. The molecule has 0 spiro atoms. The molecule has 0 fully saturated rings. The van der Waals surface area contributed by atoms with Crippen molar-refractivity contribution < 1.29 is 14.3 Å². The largest absolute Gasteiger partial charge is 0.497 e. The second-order valence-corrected chi connectivity index (χ2v) is 7.43. The van der Waals surface area contributed by atoms with Gasteiger partial charge in [0.1, 0.15) is 10.8 Å². The molecule has 25 heavy (non-hydrogen) atoms. The van der Waals surface area contributed by atoms with Crippen LogP contribution in [0.3, 0.4) is 0 Å². The van der Waals surface area contributed by atoms with Crippen molar-refractivity contribution in [2.75, 3.05) is 19.0 Å². The molecule has 0 bridgehead atoms. The predicted molar refractivity (Wildman–Crippen MR) is 97.2 cm³/mol. The number of nitrogens with zero attached hydrogens (tertiary/aromatic N) is 2. The Hall–Kier alpha value is -2.48. The zero-order chi connectivity index (χ0) is 18.4. The average molecular weight is 362 g/mol. The molecular formula is C17H22N4O3S. The second kappa shape index (κ2) is 8.06. The molecule has 8 heteroatoms. The van der Waals surface area contributed by atoms with Gasteiger partial charge in [0.2, 0.25) is 11.0 Å². The van der Waals surface area contributed by atoms with Gasteiger partial charge < -0.3 is 15.4 Å². The summed E-state index contributed by atoms with van der Waals surface area (Å²) in [6.07, 6.45) is 0.153. The van der Waals surface area contributed by atoms with Crippen molar-refractivity contribution in [3.63, 3.8) is 0 Å². The summed E-state index contributed by atoms with van der Waals surface area (Å²) in [5.74, 6) is 0.136. The lowest BCUT2D eigenvalue weighted by molar-refractivity contribution is -0.116. The Morgan fingerprint density at radius 2 is 2.00 bits per heavy atom. The number of anilines is 1. The first-order valence-corrected chi connectivity index (χ1v) is 8.67. The standard InChI is InChI=1S/C17H22N4O3S/c1-17(2,3)15-20-21-16(25-15)19-13(22)8-9-18-14(23)11-6-5-7-12(10-11)24-4/h5-7,10H,8-9H2,1-4H3,(H,18,23)(H,19,21,22). The van der Waals surface area contributed by atoms with Gasteiger partial charge in [-0.1, -0.05) is 38.2 Å². The predicted octanol–water partition coefficient (Wildman–Crippen LogP) is 2.60. The van der Waals surface area contributed by atoms with Crippen molar-refractivity contribution in [1.82, 2.24) is 15.5 Å². The van der Waals surface area contributed by atoms with Crippen LogP contribution in [0.4, 0.5) is 5.13 Å². The van der Waals surface area contributed by atoms with Crippen LogP contribution in [0.15, 0.2) is 24.3 Å². The van der Waals surface area contributed by atoms with Crippen LogP contribution in [0.1, 0.15) is 42.6 Å². The molecule has 2 aromatic rings. The third-order valence-electron chi connectivity index (χ3n) is 3.28. The van der Waals surface area contributed by atoms with Gasteiger partial charge in [-0.05, 0) is 18.2 Å². The lowest BCUT2D eigenvalue weighted by Gasteiger charge is -2.12. The Bertz CT molecular complexity index is 752. The summed E-state index contributed by atoms with van der Waals surface area (Å²) in [6, 6.07) is 6.83. The maximum absolute atomic E-state index is 12.0. The number of carbonyl (C=O) groups excluding carboxylic acids is 2. The van der Waals surface area contributed by atoms with Crippen LogP contribution >= 0.6 is 11.3 Å². The molecule has 1 heterocycles. The van der Waals surface area contributed by atoms with Gasteiger partial charge >= 0.3 is 0 Å². The minimum absolute atomic E-state index is 0.106. The maximum atomic E-state index is 12.0. The Kier molecular flexibility index (Phi) is 6.08. The van der Waals surface area contributed by atoms with Crippen molar-refractivity contribution in [2.45, 2.75) is 32.6 Å². The van der Waals surface area contributed by atoms with E-state index in [0.717, 1.165) is 5.01 Å². The van der Waals surface area contributed by atoms with Gasteiger partial charge in [0.15, 0.2) is 0 Å². The number of rotatable bonds is 6. The number of aromatic nitrogens is 2. The van der Waals surface area contributed by atoms with E-state index < -0.39 is 0 Å². The van der Waals surface area contributed by atoms with Crippen LogP contribution in [0, 0.1) is 0 Å². The van der Waals surface area contributed by atoms with Crippen LogP contribution in [-0.2, 0) is 10.2 Å². The first-order chi connectivity index (χ1) is 11.8. The number of carbonyl (C=O) groups is 2. The molecule has 7 nitrogen and oxygen atoms in total.